The molecule has 1 heterocycles. The zero-order chi connectivity index (χ0) is 14.5. The Morgan fingerprint density at radius 2 is 2.05 bits per heavy atom. The Kier molecular flexibility index (Phi) is 5.43. The van der Waals surface area contributed by atoms with Crippen LogP contribution in [-0.2, 0) is 16.0 Å². The van der Waals surface area contributed by atoms with E-state index in [1.54, 1.807) is 11.3 Å². The molecule has 1 aromatic rings. The van der Waals surface area contributed by atoms with Crippen LogP contribution in [0.15, 0.2) is 11.4 Å². The number of amides is 1. The van der Waals surface area contributed by atoms with Crippen molar-refractivity contribution in [2.45, 2.75) is 44.6 Å². The third-order valence-corrected chi connectivity index (χ3v) is 5.01. The van der Waals surface area contributed by atoms with Crippen molar-refractivity contribution in [3.63, 3.8) is 0 Å². The summed E-state index contributed by atoms with van der Waals surface area (Å²) in [6.07, 6.45) is 3.98. The van der Waals surface area contributed by atoms with Crippen molar-refractivity contribution in [3.8, 4) is 0 Å². The van der Waals surface area contributed by atoms with Crippen molar-refractivity contribution >= 4 is 34.8 Å². The monoisotopic (exact) mass is 315 g/mol. The zero-order valence-corrected chi connectivity index (χ0v) is 12.7. The molecule has 110 valence electrons. The molecule has 1 aliphatic carbocycles. The molecule has 1 aliphatic rings. The fourth-order valence-corrected chi connectivity index (χ4v) is 3.58. The number of rotatable bonds is 5. The third-order valence-electron chi connectivity index (χ3n) is 3.66. The lowest BCUT2D eigenvalue weighted by Crippen LogP contribution is -2.38. The standard InChI is InChI=1S/C14H18ClNO3S/c15-10-7-12(20-8-10)5-6-13(17)16-11-3-1-9(2-4-11)14(18)19/h7-9,11H,1-6H2,(H,16,17)(H,18,19). The second-order valence-corrected chi connectivity index (χ2v) is 6.62. The molecule has 1 saturated carbocycles. The molecule has 20 heavy (non-hydrogen) atoms. The topological polar surface area (TPSA) is 66.4 Å². The van der Waals surface area contributed by atoms with Gasteiger partial charge in [-0.15, -0.1) is 11.3 Å². The Bertz CT molecular complexity index is 481. The molecular formula is C14H18ClNO3S. The molecule has 1 aromatic heterocycles. The SMILES string of the molecule is O=C(CCc1cc(Cl)cs1)NC1CCC(C(=O)O)CC1. The van der Waals surface area contributed by atoms with E-state index in [1.807, 2.05) is 11.4 Å². The smallest absolute Gasteiger partial charge is 0.306 e. The second-order valence-electron chi connectivity index (χ2n) is 5.19. The summed E-state index contributed by atoms with van der Waals surface area (Å²) < 4.78 is 0. The Hall–Kier alpha value is -1.07. The van der Waals surface area contributed by atoms with Crippen LogP contribution in [0.5, 0.6) is 0 Å². The van der Waals surface area contributed by atoms with Gasteiger partial charge in [0, 0.05) is 22.7 Å². The molecule has 0 saturated heterocycles. The fraction of sp³-hybridized carbons (Fsp3) is 0.571. The average Bonchev–Trinajstić information content (AvgIpc) is 2.83. The minimum absolute atomic E-state index is 0.0355. The maximum atomic E-state index is 11.9. The molecule has 4 nitrogen and oxygen atoms in total. The molecule has 0 unspecified atom stereocenters. The lowest BCUT2D eigenvalue weighted by molar-refractivity contribution is -0.142. The summed E-state index contributed by atoms with van der Waals surface area (Å²) in [4.78, 5) is 23.8. The van der Waals surface area contributed by atoms with E-state index in [4.69, 9.17) is 16.7 Å². The highest BCUT2D eigenvalue weighted by Gasteiger charge is 2.26. The number of aryl methyl sites for hydroxylation is 1. The number of carboxylic acids is 1. The van der Waals surface area contributed by atoms with E-state index >= 15 is 0 Å². The van der Waals surface area contributed by atoms with Crippen molar-refractivity contribution in [2.24, 2.45) is 5.92 Å². The first-order valence-electron chi connectivity index (χ1n) is 6.79. The fourth-order valence-electron chi connectivity index (χ4n) is 2.51. The molecule has 0 radical (unpaired) electrons. The Morgan fingerprint density at radius 1 is 1.35 bits per heavy atom. The van der Waals surface area contributed by atoms with Crippen molar-refractivity contribution < 1.29 is 14.7 Å². The van der Waals surface area contributed by atoms with Crippen LogP contribution in [0, 0.1) is 5.92 Å². The molecule has 0 bridgehead atoms. The average molecular weight is 316 g/mol. The number of hydrogen-bond donors (Lipinski definition) is 2. The lowest BCUT2D eigenvalue weighted by atomic mass is 9.86. The summed E-state index contributed by atoms with van der Waals surface area (Å²) in [6, 6.07) is 2.02. The normalized spacial score (nSPS) is 22.4. The van der Waals surface area contributed by atoms with Crippen molar-refractivity contribution in [1.29, 1.82) is 0 Å². The summed E-state index contributed by atoms with van der Waals surface area (Å²) in [5, 5.41) is 14.5. The quantitative estimate of drug-likeness (QED) is 0.877. The van der Waals surface area contributed by atoms with Gasteiger partial charge in [0.15, 0.2) is 0 Å². The number of aliphatic carboxylic acids is 1. The maximum Gasteiger partial charge on any atom is 0.306 e. The van der Waals surface area contributed by atoms with Gasteiger partial charge in [-0.3, -0.25) is 9.59 Å². The minimum atomic E-state index is -0.718. The molecule has 2 rings (SSSR count). The molecule has 1 amide bonds. The molecule has 1 fully saturated rings. The van der Waals surface area contributed by atoms with Gasteiger partial charge in [-0.1, -0.05) is 11.6 Å². The van der Waals surface area contributed by atoms with Crippen molar-refractivity contribution in [1.82, 2.24) is 5.32 Å². The Balaban J connectivity index is 1.69. The van der Waals surface area contributed by atoms with Gasteiger partial charge in [-0.05, 0) is 38.2 Å². The largest absolute Gasteiger partial charge is 0.481 e. The minimum Gasteiger partial charge on any atom is -0.481 e. The highest BCUT2D eigenvalue weighted by atomic mass is 35.5. The molecule has 0 aromatic carbocycles. The first-order valence-corrected chi connectivity index (χ1v) is 8.05. The van der Waals surface area contributed by atoms with Crippen LogP contribution in [0.1, 0.15) is 37.0 Å². The summed E-state index contributed by atoms with van der Waals surface area (Å²) in [6.45, 7) is 0. The molecule has 2 N–H and O–H groups in total. The van der Waals surface area contributed by atoms with Gasteiger partial charge in [0.2, 0.25) is 5.91 Å². The van der Waals surface area contributed by atoms with Crippen LogP contribution in [-0.4, -0.2) is 23.0 Å². The van der Waals surface area contributed by atoms with Crippen LogP contribution >= 0.6 is 22.9 Å². The van der Waals surface area contributed by atoms with Gasteiger partial charge in [-0.25, -0.2) is 0 Å². The van der Waals surface area contributed by atoms with Crippen LogP contribution < -0.4 is 5.32 Å². The summed E-state index contributed by atoms with van der Waals surface area (Å²) in [7, 11) is 0. The Morgan fingerprint density at radius 3 is 2.60 bits per heavy atom. The van der Waals surface area contributed by atoms with E-state index in [-0.39, 0.29) is 17.9 Å². The Labute approximate surface area is 127 Å². The number of halogens is 1. The number of carboxylic acid groups (broad SMARTS) is 1. The highest BCUT2D eigenvalue weighted by Crippen LogP contribution is 2.24. The van der Waals surface area contributed by atoms with E-state index in [1.165, 1.54) is 0 Å². The van der Waals surface area contributed by atoms with E-state index in [0.717, 1.165) is 22.7 Å². The van der Waals surface area contributed by atoms with Gasteiger partial charge in [-0.2, -0.15) is 0 Å². The first-order chi connectivity index (χ1) is 9.54. The van der Waals surface area contributed by atoms with E-state index in [0.29, 0.717) is 25.7 Å². The van der Waals surface area contributed by atoms with Gasteiger partial charge in [0.05, 0.1) is 10.9 Å². The van der Waals surface area contributed by atoms with Gasteiger partial charge in [0.1, 0.15) is 0 Å². The van der Waals surface area contributed by atoms with Crippen LogP contribution in [0.2, 0.25) is 5.02 Å². The maximum absolute atomic E-state index is 11.9. The van der Waals surface area contributed by atoms with Crippen molar-refractivity contribution in [3.05, 3.63) is 21.3 Å². The number of carbonyl (C=O) groups is 2. The number of carbonyl (C=O) groups excluding carboxylic acids is 1. The van der Waals surface area contributed by atoms with E-state index < -0.39 is 5.97 Å². The number of hydrogen-bond acceptors (Lipinski definition) is 3. The summed E-state index contributed by atoms with van der Waals surface area (Å²) in [5.74, 6) is -0.922. The molecule has 0 spiro atoms. The van der Waals surface area contributed by atoms with E-state index in [2.05, 4.69) is 5.32 Å². The highest BCUT2D eigenvalue weighted by molar-refractivity contribution is 7.10. The second kappa shape index (κ2) is 7.09. The molecule has 0 aliphatic heterocycles. The molecular weight excluding hydrogens is 298 g/mol. The van der Waals surface area contributed by atoms with Crippen LogP contribution in [0.25, 0.3) is 0 Å². The predicted octanol–water partition coefficient (Wildman–Crippen LogP) is 3.09. The molecule has 6 heteroatoms. The van der Waals surface area contributed by atoms with Crippen LogP contribution in [0.3, 0.4) is 0 Å². The summed E-state index contributed by atoms with van der Waals surface area (Å²) >= 11 is 7.40. The van der Waals surface area contributed by atoms with Gasteiger partial charge in [0.25, 0.3) is 0 Å². The van der Waals surface area contributed by atoms with Gasteiger partial charge >= 0.3 is 5.97 Å². The van der Waals surface area contributed by atoms with Gasteiger partial charge < -0.3 is 10.4 Å². The van der Waals surface area contributed by atoms with Crippen molar-refractivity contribution in [2.75, 3.05) is 0 Å². The first kappa shape index (κ1) is 15.3. The van der Waals surface area contributed by atoms with E-state index in [9.17, 15) is 9.59 Å². The van der Waals surface area contributed by atoms with Crippen LogP contribution in [0.4, 0.5) is 0 Å². The zero-order valence-electron chi connectivity index (χ0n) is 11.1. The third kappa shape index (κ3) is 4.49. The number of nitrogens with one attached hydrogen (secondary N) is 1. The molecule has 0 atom stereocenters. The number of thiophene rings is 1. The lowest BCUT2D eigenvalue weighted by Gasteiger charge is -2.26. The summed E-state index contributed by atoms with van der Waals surface area (Å²) in [5.41, 5.74) is 0. The predicted molar refractivity (Wildman–Crippen MR) is 79.2 cm³/mol.